The maximum Gasteiger partial charge on any atom is 0.165 e. The van der Waals surface area contributed by atoms with E-state index in [0.29, 0.717) is 0 Å². The van der Waals surface area contributed by atoms with Crippen LogP contribution in [-0.4, -0.2) is 7.11 Å². The summed E-state index contributed by atoms with van der Waals surface area (Å²) >= 11 is 5.76. The Bertz CT molecular complexity index is 273. The molecule has 0 aliphatic carbocycles. The predicted molar refractivity (Wildman–Crippen MR) is 47.2 cm³/mol. The van der Waals surface area contributed by atoms with Gasteiger partial charge in [-0.1, -0.05) is 6.07 Å². The number of hydrogen-bond donors (Lipinski definition) is 0. The van der Waals surface area contributed by atoms with E-state index < -0.39 is 0 Å². The summed E-state index contributed by atoms with van der Waals surface area (Å²) < 4.78 is 17.8. The van der Waals surface area contributed by atoms with E-state index >= 15 is 0 Å². The van der Waals surface area contributed by atoms with Crippen molar-refractivity contribution in [3.63, 3.8) is 0 Å². The summed E-state index contributed by atoms with van der Waals surface area (Å²) in [5.41, 5.74) is 0.759. The van der Waals surface area contributed by atoms with Crippen LogP contribution in [0.3, 0.4) is 0 Å². The van der Waals surface area contributed by atoms with Crippen LogP contribution in [-0.2, 0) is 0 Å². The van der Waals surface area contributed by atoms with Gasteiger partial charge in [-0.05, 0) is 24.6 Å². The number of benzene rings is 1. The number of rotatable bonds is 2. The van der Waals surface area contributed by atoms with Gasteiger partial charge in [0.1, 0.15) is 0 Å². The lowest BCUT2D eigenvalue weighted by Gasteiger charge is -2.05. The van der Waals surface area contributed by atoms with E-state index in [0.717, 1.165) is 5.56 Å². The van der Waals surface area contributed by atoms with Gasteiger partial charge in [-0.3, -0.25) is 0 Å². The van der Waals surface area contributed by atoms with Crippen molar-refractivity contribution in [3.8, 4) is 5.75 Å². The standard InChI is InChI=1S/C9H10ClFO/c1-6(10)7-3-4-9(12-2)8(11)5-7/h3-6H,1-2H3. The van der Waals surface area contributed by atoms with Crippen molar-refractivity contribution in [2.24, 2.45) is 0 Å². The number of hydrogen-bond acceptors (Lipinski definition) is 1. The molecule has 1 aromatic carbocycles. The molecule has 0 aliphatic rings. The summed E-state index contributed by atoms with van der Waals surface area (Å²) in [5.74, 6) is -0.126. The zero-order chi connectivity index (χ0) is 9.14. The zero-order valence-corrected chi connectivity index (χ0v) is 7.73. The number of halogens is 2. The molecule has 0 N–H and O–H groups in total. The molecule has 1 nitrogen and oxygen atoms in total. The summed E-state index contributed by atoms with van der Waals surface area (Å²) in [4.78, 5) is 0. The van der Waals surface area contributed by atoms with Gasteiger partial charge >= 0.3 is 0 Å². The number of methoxy groups -OCH3 is 1. The van der Waals surface area contributed by atoms with Crippen LogP contribution >= 0.6 is 11.6 Å². The number of ether oxygens (including phenoxy) is 1. The SMILES string of the molecule is COc1ccc(C(C)Cl)cc1F. The lowest BCUT2D eigenvalue weighted by atomic mass is 10.1. The summed E-state index contributed by atoms with van der Waals surface area (Å²) in [6, 6.07) is 4.71. The molecule has 0 bridgehead atoms. The summed E-state index contributed by atoms with van der Waals surface area (Å²) in [7, 11) is 1.43. The van der Waals surface area contributed by atoms with Crippen LogP contribution in [0.25, 0.3) is 0 Å². The van der Waals surface area contributed by atoms with Crippen LogP contribution < -0.4 is 4.74 Å². The van der Waals surface area contributed by atoms with E-state index in [9.17, 15) is 4.39 Å². The Morgan fingerprint density at radius 2 is 2.17 bits per heavy atom. The number of alkyl halides is 1. The van der Waals surface area contributed by atoms with Crippen LogP contribution in [0.2, 0.25) is 0 Å². The second-order valence-electron chi connectivity index (χ2n) is 2.51. The third kappa shape index (κ3) is 1.89. The molecule has 1 atom stereocenters. The van der Waals surface area contributed by atoms with Crippen LogP contribution in [0.4, 0.5) is 4.39 Å². The van der Waals surface area contributed by atoms with Gasteiger partial charge in [0.15, 0.2) is 11.6 Å². The molecule has 3 heteroatoms. The van der Waals surface area contributed by atoms with Crippen molar-refractivity contribution in [1.82, 2.24) is 0 Å². The van der Waals surface area contributed by atoms with Gasteiger partial charge in [-0.25, -0.2) is 4.39 Å². The van der Waals surface area contributed by atoms with E-state index in [1.807, 2.05) is 0 Å². The van der Waals surface area contributed by atoms with Crippen molar-refractivity contribution in [1.29, 1.82) is 0 Å². The molecule has 0 aromatic heterocycles. The zero-order valence-electron chi connectivity index (χ0n) is 6.97. The average Bonchev–Trinajstić information content (AvgIpc) is 2.04. The first kappa shape index (κ1) is 9.33. The van der Waals surface area contributed by atoms with Crippen LogP contribution in [0.15, 0.2) is 18.2 Å². The van der Waals surface area contributed by atoms with Crippen LogP contribution in [0, 0.1) is 5.82 Å². The van der Waals surface area contributed by atoms with Crippen molar-refractivity contribution in [2.45, 2.75) is 12.3 Å². The minimum atomic E-state index is -0.373. The Hall–Kier alpha value is -0.760. The molecule has 0 aliphatic heterocycles. The molecule has 0 saturated heterocycles. The summed E-state index contributed by atoms with van der Waals surface area (Å²) in [6.07, 6.45) is 0. The third-order valence-corrected chi connectivity index (χ3v) is 1.89. The van der Waals surface area contributed by atoms with Crippen molar-refractivity contribution in [3.05, 3.63) is 29.6 Å². The second-order valence-corrected chi connectivity index (χ2v) is 3.16. The largest absolute Gasteiger partial charge is 0.494 e. The quantitative estimate of drug-likeness (QED) is 0.648. The Balaban J connectivity index is 3.02. The van der Waals surface area contributed by atoms with Crippen molar-refractivity contribution < 1.29 is 9.13 Å². The normalized spacial score (nSPS) is 12.7. The molecule has 12 heavy (non-hydrogen) atoms. The van der Waals surface area contributed by atoms with Crippen LogP contribution in [0.5, 0.6) is 5.75 Å². The molecular formula is C9H10ClFO. The first-order valence-electron chi connectivity index (χ1n) is 3.62. The molecule has 1 unspecified atom stereocenters. The molecule has 66 valence electrons. The van der Waals surface area contributed by atoms with Crippen molar-refractivity contribution >= 4 is 11.6 Å². The van der Waals surface area contributed by atoms with Gasteiger partial charge in [0.25, 0.3) is 0 Å². The molecule has 0 spiro atoms. The highest BCUT2D eigenvalue weighted by Crippen LogP contribution is 2.24. The van der Waals surface area contributed by atoms with Gasteiger partial charge in [0, 0.05) is 0 Å². The van der Waals surface area contributed by atoms with Crippen molar-refractivity contribution in [2.75, 3.05) is 7.11 Å². The molecule has 0 radical (unpaired) electrons. The van der Waals surface area contributed by atoms with E-state index in [1.165, 1.54) is 13.2 Å². The van der Waals surface area contributed by atoms with E-state index in [2.05, 4.69) is 0 Å². The monoisotopic (exact) mass is 188 g/mol. The third-order valence-electron chi connectivity index (χ3n) is 1.64. The summed E-state index contributed by atoms with van der Waals surface area (Å²) in [6.45, 7) is 1.79. The smallest absolute Gasteiger partial charge is 0.165 e. The Labute approximate surface area is 76.1 Å². The minimum absolute atomic E-state index is 0.176. The van der Waals surface area contributed by atoms with Gasteiger partial charge in [-0.15, -0.1) is 11.6 Å². The van der Waals surface area contributed by atoms with E-state index in [4.69, 9.17) is 16.3 Å². The maximum atomic E-state index is 13.0. The molecular weight excluding hydrogens is 179 g/mol. The maximum absolute atomic E-state index is 13.0. The lowest BCUT2D eigenvalue weighted by molar-refractivity contribution is 0.386. The molecule has 0 saturated carbocycles. The van der Waals surface area contributed by atoms with Gasteiger partial charge < -0.3 is 4.74 Å². The van der Waals surface area contributed by atoms with Crippen LogP contribution in [0.1, 0.15) is 17.9 Å². The molecule has 1 rings (SSSR count). The van der Waals surface area contributed by atoms with E-state index in [1.54, 1.807) is 19.1 Å². The lowest BCUT2D eigenvalue weighted by Crippen LogP contribution is -1.91. The fraction of sp³-hybridized carbons (Fsp3) is 0.333. The highest BCUT2D eigenvalue weighted by atomic mass is 35.5. The Kier molecular flexibility index (Phi) is 2.93. The fourth-order valence-corrected chi connectivity index (χ4v) is 1.07. The predicted octanol–water partition coefficient (Wildman–Crippen LogP) is 3.13. The Morgan fingerprint density at radius 3 is 2.58 bits per heavy atom. The molecule has 0 amide bonds. The van der Waals surface area contributed by atoms with E-state index in [-0.39, 0.29) is 16.9 Å². The first-order chi connectivity index (χ1) is 5.65. The highest BCUT2D eigenvalue weighted by molar-refractivity contribution is 6.20. The molecule has 0 fully saturated rings. The minimum Gasteiger partial charge on any atom is -0.494 e. The molecule has 1 aromatic rings. The van der Waals surface area contributed by atoms with Gasteiger partial charge in [0.2, 0.25) is 0 Å². The first-order valence-corrected chi connectivity index (χ1v) is 4.06. The van der Waals surface area contributed by atoms with Gasteiger partial charge in [0.05, 0.1) is 12.5 Å². The summed E-state index contributed by atoms with van der Waals surface area (Å²) in [5, 5.41) is -0.176. The second kappa shape index (κ2) is 3.76. The fourth-order valence-electron chi connectivity index (χ4n) is 0.930. The Morgan fingerprint density at radius 1 is 1.50 bits per heavy atom. The topological polar surface area (TPSA) is 9.23 Å². The average molecular weight is 189 g/mol. The highest BCUT2D eigenvalue weighted by Gasteiger charge is 2.06. The van der Waals surface area contributed by atoms with Gasteiger partial charge in [-0.2, -0.15) is 0 Å². The molecule has 0 heterocycles.